The molecule has 1 amide bonds. The van der Waals surface area contributed by atoms with Crippen molar-refractivity contribution in [1.82, 2.24) is 14.7 Å². The maximum Gasteiger partial charge on any atom is 0.257 e. The van der Waals surface area contributed by atoms with E-state index >= 15 is 0 Å². The third-order valence-electron chi connectivity index (χ3n) is 3.26. The molecule has 5 nitrogen and oxygen atoms in total. The highest BCUT2D eigenvalue weighted by atomic mass is 16.2. The molecule has 18 heavy (non-hydrogen) atoms. The lowest BCUT2D eigenvalue weighted by Crippen LogP contribution is -2.45. The molecule has 100 valence electrons. The van der Waals surface area contributed by atoms with Gasteiger partial charge in [-0.2, -0.15) is 5.10 Å². The van der Waals surface area contributed by atoms with Gasteiger partial charge in [-0.15, -0.1) is 0 Å². The van der Waals surface area contributed by atoms with Crippen LogP contribution in [-0.2, 0) is 5.54 Å². The number of rotatable bonds is 1. The van der Waals surface area contributed by atoms with Crippen LogP contribution in [0, 0.1) is 0 Å². The van der Waals surface area contributed by atoms with Crippen molar-refractivity contribution in [3.05, 3.63) is 18.0 Å². The molecule has 1 fully saturated rings. The van der Waals surface area contributed by atoms with Gasteiger partial charge in [0, 0.05) is 25.3 Å². The van der Waals surface area contributed by atoms with Crippen molar-refractivity contribution in [3.63, 3.8) is 0 Å². The van der Waals surface area contributed by atoms with E-state index in [-0.39, 0.29) is 17.5 Å². The van der Waals surface area contributed by atoms with Crippen LogP contribution in [0.15, 0.2) is 12.4 Å². The predicted molar refractivity (Wildman–Crippen MR) is 70.3 cm³/mol. The Bertz CT molecular complexity index is 432. The number of carbonyl (C=O) groups excluding carboxylic acids is 1. The summed E-state index contributed by atoms with van der Waals surface area (Å²) in [6.45, 7) is 7.63. The molecule has 2 N–H and O–H groups in total. The SMILES string of the molecule is CC(C)(C)n1cc(C(=O)N2CCCC(N)C2)cn1. The van der Waals surface area contributed by atoms with Crippen molar-refractivity contribution < 1.29 is 4.79 Å². The van der Waals surface area contributed by atoms with E-state index in [1.54, 1.807) is 6.20 Å². The van der Waals surface area contributed by atoms with Crippen LogP contribution >= 0.6 is 0 Å². The largest absolute Gasteiger partial charge is 0.337 e. The molecule has 0 spiro atoms. The highest BCUT2D eigenvalue weighted by Gasteiger charge is 2.24. The number of nitrogens with zero attached hydrogens (tertiary/aromatic N) is 3. The van der Waals surface area contributed by atoms with E-state index in [1.807, 2.05) is 15.8 Å². The highest BCUT2D eigenvalue weighted by Crippen LogP contribution is 2.16. The van der Waals surface area contributed by atoms with Gasteiger partial charge in [-0.3, -0.25) is 9.48 Å². The zero-order valence-electron chi connectivity index (χ0n) is 11.4. The lowest BCUT2D eigenvalue weighted by molar-refractivity contribution is 0.0708. The number of piperidine rings is 1. The Kier molecular flexibility index (Phi) is 3.43. The Labute approximate surface area is 108 Å². The van der Waals surface area contributed by atoms with Crippen molar-refractivity contribution in [2.75, 3.05) is 13.1 Å². The summed E-state index contributed by atoms with van der Waals surface area (Å²) in [5.74, 6) is 0.0423. The molecular weight excluding hydrogens is 228 g/mol. The summed E-state index contributed by atoms with van der Waals surface area (Å²) in [6, 6.07) is 0.111. The summed E-state index contributed by atoms with van der Waals surface area (Å²) in [5.41, 5.74) is 6.45. The summed E-state index contributed by atoms with van der Waals surface area (Å²) in [7, 11) is 0. The Morgan fingerprint density at radius 1 is 1.50 bits per heavy atom. The van der Waals surface area contributed by atoms with Gasteiger partial charge >= 0.3 is 0 Å². The van der Waals surface area contributed by atoms with E-state index in [4.69, 9.17) is 5.73 Å². The van der Waals surface area contributed by atoms with Crippen LogP contribution in [0.25, 0.3) is 0 Å². The molecule has 1 saturated heterocycles. The minimum atomic E-state index is -0.100. The van der Waals surface area contributed by atoms with E-state index in [0.717, 1.165) is 19.4 Å². The van der Waals surface area contributed by atoms with Gasteiger partial charge in [0.2, 0.25) is 0 Å². The van der Waals surface area contributed by atoms with Crippen molar-refractivity contribution in [2.24, 2.45) is 5.73 Å². The zero-order chi connectivity index (χ0) is 13.3. The Hall–Kier alpha value is -1.36. The fourth-order valence-electron chi connectivity index (χ4n) is 2.18. The first-order valence-corrected chi connectivity index (χ1v) is 6.48. The van der Waals surface area contributed by atoms with Gasteiger partial charge in [0.15, 0.2) is 0 Å². The molecule has 1 aliphatic rings. The van der Waals surface area contributed by atoms with Crippen LogP contribution in [0.3, 0.4) is 0 Å². The van der Waals surface area contributed by atoms with Crippen LogP contribution < -0.4 is 5.73 Å². The van der Waals surface area contributed by atoms with E-state index in [1.165, 1.54) is 0 Å². The average Bonchev–Trinajstić information content (AvgIpc) is 2.77. The van der Waals surface area contributed by atoms with Gasteiger partial charge in [0.25, 0.3) is 5.91 Å². The molecular formula is C13H22N4O. The predicted octanol–water partition coefficient (Wildman–Crippen LogP) is 1.20. The van der Waals surface area contributed by atoms with Crippen molar-refractivity contribution in [2.45, 2.75) is 45.2 Å². The van der Waals surface area contributed by atoms with Crippen molar-refractivity contribution in [3.8, 4) is 0 Å². The first kappa shape index (κ1) is 13.1. The fourth-order valence-corrected chi connectivity index (χ4v) is 2.18. The first-order valence-electron chi connectivity index (χ1n) is 6.48. The number of nitrogens with two attached hydrogens (primary N) is 1. The van der Waals surface area contributed by atoms with Gasteiger partial charge in [-0.25, -0.2) is 0 Å². The van der Waals surface area contributed by atoms with Crippen molar-refractivity contribution in [1.29, 1.82) is 0 Å². The average molecular weight is 250 g/mol. The minimum Gasteiger partial charge on any atom is -0.337 e. The second-order valence-corrected chi connectivity index (χ2v) is 6.00. The molecule has 0 aliphatic carbocycles. The number of hydrogen-bond donors (Lipinski definition) is 1. The summed E-state index contributed by atoms with van der Waals surface area (Å²) in [6.07, 6.45) is 5.46. The number of likely N-dealkylation sites (tertiary alicyclic amines) is 1. The Morgan fingerprint density at radius 3 is 2.78 bits per heavy atom. The molecule has 2 rings (SSSR count). The molecule has 1 aromatic heterocycles. The van der Waals surface area contributed by atoms with Gasteiger partial charge in [-0.05, 0) is 33.6 Å². The van der Waals surface area contributed by atoms with E-state index in [2.05, 4.69) is 25.9 Å². The monoisotopic (exact) mass is 250 g/mol. The van der Waals surface area contributed by atoms with Crippen LogP contribution in [-0.4, -0.2) is 39.7 Å². The van der Waals surface area contributed by atoms with E-state index < -0.39 is 0 Å². The van der Waals surface area contributed by atoms with Crippen LogP contribution in [0.5, 0.6) is 0 Å². The molecule has 0 bridgehead atoms. The quantitative estimate of drug-likeness (QED) is 0.814. The number of hydrogen-bond acceptors (Lipinski definition) is 3. The molecule has 1 atom stereocenters. The number of aromatic nitrogens is 2. The van der Waals surface area contributed by atoms with Gasteiger partial charge in [0.05, 0.1) is 17.3 Å². The molecule has 5 heteroatoms. The highest BCUT2D eigenvalue weighted by molar-refractivity contribution is 5.93. The first-order chi connectivity index (χ1) is 8.38. The maximum absolute atomic E-state index is 12.3. The fraction of sp³-hybridized carbons (Fsp3) is 0.692. The number of amides is 1. The van der Waals surface area contributed by atoms with Gasteiger partial charge < -0.3 is 10.6 Å². The standard InChI is InChI=1S/C13H22N4O/c1-13(2,3)17-8-10(7-15-17)12(18)16-6-4-5-11(14)9-16/h7-8,11H,4-6,9,14H2,1-3H3. The molecule has 2 heterocycles. The van der Waals surface area contributed by atoms with Crippen LogP contribution in [0.2, 0.25) is 0 Å². The number of carbonyl (C=O) groups is 1. The summed E-state index contributed by atoms with van der Waals surface area (Å²) < 4.78 is 1.82. The smallest absolute Gasteiger partial charge is 0.257 e. The molecule has 0 saturated carbocycles. The Balaban J connectivity index is 2.11. The second-order valence-electron chi connectivity index (χ2n) is 6.00. The normalized spacial score (nSPS) is 21.1. The lowest BCUT2D eigenvalue weighted by atomic mass is 10.1. The summed E-state index contributed by atoms with van der Waals surface area (Å²) in [5, 5.41) is 4.26. The molecule has 0 aromatic carbocycles. The zero-order valence-corrected chi connectivity index (χ0v) is 11.4. The summed E-state index contributed by atoms with van der Waals surface area (Å²) >= 11 is 0. The van der Waals surface area contributed by atoms with E-state index in [0.29, 0.717) is 12.1 Å². The molecule has 1 unspecified atom stereocenters. The lowest BCUT2D eigenvalue weighted by Gasteiger charge is -2.30. The molecule has 1 aromatic rings. The molecule has 0 radical (unpaired) electrons. The third kappa shape index (κ3) is 2.72. The third-order valence-corrected chi connectivity index (χ3v) is 3.26. The van der Waals surface area contributed by atoms with Crippen LogP contribution in [0.1, 0.15) is 44.0 Å². The Morgan fingerprint density at radius 2 is 2.22 bits per heavy atom. The van der Waals surface area contributed by atoms with E-state index in [9.17, 15) is 4.79 Å². The minimum absolute atomic E-state index is 0.0423. The molecule has 1 aliphatic heterocycles. The maximum atomic E-state index is 12.3. The van der Waals surface area contributed by atoms with Gasteiger partial charge in [0.1, 0.15) is 0 Å². The van der Waals surface area contributed by atoms with Gasteiger partial charge in [-0.1, -0.05) is 0 Å². The second kappa shape index (κ2) is 4.72. The summed E-state index contributed by atoms with van der Waals surface area (Å²) in [4.78, 5) is 14.1. The van der Waals surface area contributed by atoms with Crippen LogP contribution in [0.4, 0.5) is 0 Å². The van der Waals surface area contributed by atoms with Crippen molar-refractivity contribution >= 4 is 5.91 Å². The topological polar surface area (TPSA) is 64.2 Å².